The van der Waals surface area contributed by atoms with Gasteiger partial charge in [-0.15, -0.1) is 0 Å². The van der Waals surface area contributed by atoms with E-state index in [-0.39, 0.29) is 17.0 Å². The van der Waals surface area contributed by atoms with Gasteiger partial charge < -0.3 is 21.5 Å². The summed E-state index contributed by atoms with van der Waals surface area (Å²) in [6, 6.07) is 0. The van der Waals surface area contributed by atoms with Crippen molar-refractivity contribution in [3.63, 3.8) is 0 Å². The van der Waals surface area contributed by atoms with E-state index in [1.807, 2.05) is 0 Å². The second kappa shape index (κ2) is 3.35. The number of likely N-dealkylation sites (tertiary alicyclic amines) is 1. The fourth-order valence-corrected chi connectivity index (χ4v) is 2.20. The van der Waals surface area contributed by atoms with Crippen LogP contribution in [0.2, 0.25) is 0 Å². The molecule has 56 valence electrons. The highest BCUT2D eigenvalue weighted by atomic mass is 79.9. The summed E-state index contributed by atoms with van der Waals surface area (Å²) in [5, 5.41) is 0. The van der Waals surface area contributed by atoms with Gasteiger partial charge in [-0.2, -0.15) is 0 Å². The quantitative estimate of drug-likeness (QED) is 0.357. The van der Waals surface area contributed by atoms with Gasteiger partial charge in [-0.05, 0) is 0 Å². The molecule has 1 fully saturated rings. The maximum Gasteiger partial charge on any atom is 0.0911 e. The van der Waals surface area contributed by atoms with Gasteiger partial charge in [0.2, 0.25) is 0 Å². The minimum atomic E-state index is 0. The van der Waals surface area contributed by atoms with E-state index in [1.165, 1.54) is 24.0 Å². The summed E-state index contributed by atoms with van der Waals surface area (Å²) in [7, 11) is 4.56. The SMILES string of the molecule is C[N+]1(C)CCC(Br)C1.[Br-]. The first-order valence-electron chi connectivity index (χ1n) is 3.06. The smallest absolute Gasteiger partial charge is 0.0911 e. The van der Waals surface area contributed by atoms with Crippen LogP contribution in [0.5, 0.6) is 0 Å². The van der Waals surface area contributed by atoms with E-state index in [0.717, 1.165) is 4.83 Å². The van der Waals surface area contributed by atoms with Gasteiger partial charge in [0, 0.05) is 6.42 Å². The second-order valence-corrected chi connectivity index (χ2v) is 4.52. The van der Waals surface area contributed by atoms with Crippen LogP contribution in [-0.4, -0.2) is 36.5 Å². The van der Waals surface area contributed by atoms with Gasteiger partial charge in [-0.25, -0.2) is 0 Å². The molecule has 9 heavy (non-hydrogen) atoms. The number of hydrogen-bond donors (Lipinski definition) is 0. The highest BCUT2D eigenvalue weighted by Gasteiger charge is 2.28. The van der Waals surface area contributed by atoms with E-state index in [9.17, 15) is 0 Å². The van der Waals surface area contributed by atoms with Gasteiger partial charge in [0.05, 0.1) is 32.0 Å². The molecule has 1 unspecified atom stereocenters. The Morgan fingerprint density at radius 2 is 2.00 bits per heavy atom. The van der Waals surface area contributed by atoms with Crippen molar-refractivity contribution < 1.29 is 21.5 Å². The molecule has 1 aliphatic heterocycles. The Kier molecular flexibility index (Phi) is 3.69. The van der Waals surface area contributed by atoms with Crippen molar-refractivity contribution in [3.05, 3.63) is 0 Å². The van der Waals surface area contributed by atoms with E-state index < -0.39 is 0 Å². The molecule has 0 amide bonds. The van der Waals surface area contributed by atoms with Crippen LogP contribution < -0.4 is 17.0 Å². The van der Waals surface area contributed by atoms with E-state index in [0.29, 0.717) is 0 Å². The molecule has 0 aromatic carbocycles. The molecule has 1 aliphatic rings. The maximum absolute atomic E-state index is 3.60. The number of rotatable bonds is 0. The zero-order valence-corrected chi connectivity index (χ0v) is 9.07. The zero-order chi connectivity index (χ0) is 6.20. The largest absolute Gasteiger partial charge is 1.00 e. The summed E-state index contributed by atoms with van der Waals surface area (Å²) in [6.07, 6.45) is 1.34. The maximum atomic E-state index is 3.60. The molecule has 3 heteroatoms. The lowest BCUT2D eigenvalue weighted by molar-refractivity contribution is -0.877. The molecule has 1 nitrogen and oxygen atoms in total. The van der Waals surface area contributed by atoms with Crippen LogP contribution in [0.3, 0.4) is 0 Å². The van der Waals surface area contributed by atoms with Crippen molar-refractivity contribution in [1.29, 1.82) is 0 Å². The fraction of sp³-hybridized carbons (Fsp3) is 1.00. The average Bonchev–Trinajstić information content (AvgIpc) is 1.82. The van der Waals surface area contributed by atoms with Gasteiger partial charge in [-0.1, -0.05) is 15.9 Å². The molecule has 0 aliphatic carbocycles. The summed E-state index contributed by atoms with van der Waals surface area (Å²) in [6.45, 7) is 2.62. The Morgan fingerprint density at radius 3 is 2.11 bits per heavy atom. The average molecular weight is 259 g/mol. The summed E-state index contributed by atoms with van der Waals surface area (Å²) < 4.78 is 1.19. The third kappa shape index (κ3) is 3.01. The van der Waals surface area contributed by atoms with Gasteiger partial charge in [0.25, 0.3) is 0 Å². The molecule has 0 N–H and O–H groups in total. The molecule has 0 radical (unpaired) electrons. The first kappa shape index (κ1) is 9.92. The van der Waals surface area contributed by atoms with Crippen molar-refractivity contribution in [2.75, 3.05) is 27.2 Å². The van der Waals surface area contributed by atoms with E-state index >= 15 is 0 Å². The molecule has 1 rings (SSSR count). The highest BCUT2D eigenvalue weighted by Crippen LogP contribution is 2.19. The minimum Gasteiger partial charge on any atom is -1.00 e. The second-order valence-electron chi connectivity index (χ2n) is 3.23. The molecule has 0 bridgehead atoms. The normalized spacial score (nSPS) is 31.7. The van der Waals surface area contributed by atoms with Crippen molar-refractivity contribution in [3.8, 4) is 0 Å². The molecule has 0 saturated carbocycles. The Bertz CT molecular complexity index is 93.1. The molecule has 1 saturated heterocycles. The summed E-state index contributed by atoms with van der Waals surface area (Å²) in [5.74, 6) is 0. The van der Waals surface area contributed by atoms with Crippen LogP contribution in [0.25, 0.3) is 0 Å². The van der Waals surface area contributed by atoms with Crippen LogP contribution >= 0.6 is 15.9 Å². The number of quaternary nitrogens is 1. The standard InChI is InChI=1S/C6H13BrN.BrH/c1-8(2)4-3-6(7)5-8;/h6H,3-5H2,1-2H3;1H/q+1;/p-1. The summed E-state index contributed by atoms with van der Waals surface area (Å²) in [5.41, 5.74) is 0. The first-order valence-corrected chi connectivity index (χ1v) is 3.98. The zero-order valence-electron chi connectivity index (χ0n) is 5.90. The fourth-order valence-electron chi connectivity index (χ4n) is 1.21. The van der Waals surface area contributed by atoms with Crippen molar-refractivity contribution in [2.24, 2.45) is 0 Å². The van der Waals surface area contributed by atoms with Crippen LogP contribution in [0, 0.1) is 0 Å². The molecular weight excluding hydrogens is 246 g/mol. The molecule has 1 atom stereocenters. The number of hydrogen-bond acceptors (Lipinski definition) is 0. The molecule has 0 aromatic heterocycles. The summed E-state index contributed by atoms with van der Waals surface area (Å²) in [4.78, 5) is 0.775. The molecular formula is C6H13Br2N. The third-order valence-corrected chi connectivity index (χ3v) is 2.49. The van der Waals surface area contributed by atoms with Crippen LogP contribution in [0.15, 0.2) is 0 Å². The number of alkyl halides is 1. The van der Waals surface area contributed by atoms with Gasteiger partial charge in [0.15, 0.2) is 0 Å². The number of nitrogens with zero attached hydrogens (tertiary/aromatic N) is 1. The van der Waals surface area contributed by atoms with Crippen LogP contribution in [0.4, 0.5) is 0 Å². The Labute approximate surface area is 75.9 Å². The van der Waals surface area contributed by atoms with Crippen molar-refractivity contribution in [2.45, 2.75) is 11.2 Å². The predicted octanol–water partition coefficient (Wildman–Crippen LogP) is -1.77. The lowest BCUT2D eigenvalue weighted by Gasteiger charge is -2.22. The molecule has 1 heterocycles. The van der Waals surface area contributed by atoms with Gasteiger partial charge in [0.1, 0.15) is 0 Å². The Morgan fingerprint density at radius 1 is 1.44 bits per heavy atom. The van der Waals surface area contributed by atoms with Crippen LogP contribution in [0.1, 0.15) is 6.42 Å². The topological polar surface area (TPSA) is 0 Å². The van der Waals surface area contributed by atoms with Crippen molar-refractivity contribution in [1.82, 2.24) is 0 Å². The van der Waals surface area contributed by atoms with Crippen molar-refractivity contribution >= 4 is 15.9 Å². The number of halogens is 2. The van der Waals surface area contributed by atoms with Gasteiger partial charge in [-0.3, -0.25) is 0 Å². The lowest BCUT2D eigenvalue weighted by atomic mass is 10.4. The Hall–Kier alpha value is 0.920. The molecule has 0 spiro atoms. The van der Waals surface area contributed by atoms with Crippen LogP contribution in [-0.2, 0) is 0 Å². The third-order valence-electron chi connectivity index (χ3n) is 1.74. The van der Waals surface area contributed by atoms with Gasteiger partial charge >= 0.3 is 0 Å². The van der Waals surface area contributed by atoms with E-state index in [2.05, 4.69) is 30.0 Å². The Balaban J connectivity index is 0.000000640. The minimum absolute atomic E-state index is 0. The van der Waals surface area contributed by atoms with E-state index in [4.69, 9.17) is 0 Å². The van der Waals surface area contributed by atoms with E-state index in [1.54, 1.807) is 0 Å². The lowest BCUT2D eigenvalue weighted by Crippen LogP contribution is -3.00. The molecule has 0 aromatic rings. The monoisotopic (exact) mass is 257 g/mol. The first-order chi connectivity index (χ1) is 3.60. The summed E-state index contributed by atoms with van der Waals surface area (Å²) >= 11 is 3.60. The highest BCUT2D eigenvalue weighted by molar-refractivity contribution is 9.09. The predicted molar refractivity (Wildman–Crippen MR) is 39.2 cm³/mol.